The Morgan fingerprint density at radius 1 is 0.938 bits per heavy atom. The molecule has 0 saturated carbocycles. The molecule has 1 heterocycles. The molecule has 3 aromatic rings. The van der Waals surface area contributed by atoms with Gasteiger partial charge in [0.05, 0.1) is 16.4 Å². The van der Waals surface area contributed by atoms with E-state index in [1.165, 1.54) is 36.9 Å². The SMILES string of the molecule is CC.CN/N=C(\C(=N)c1ccccc1)c1cccc(CCCCCCc2csc(C)n2)c1. The number of aryl methyl sites for hydroxylation is 3. The highest BCUT2D eigenvalue weighted by atomic mass is 32.1. The van der Waals surface area contributed by atoms with E-state index in [0.29, 0.717) is 11.4 Å². The summed E-state index contributed by atoms with van der Waals surface area (Å²) in [5.41, 5.74) is 8.35. The van der Waals surface area contributed by atoms with E-state index in [2.05, 4.69) is 46.0 Å². The molecule has 32 heavy (non-hydrogen) atoms. The molecule has 0 aliphatic rings. The normalized spacial score (nSPS) is 10.9. The molecular formula is C27H36N4S. The minimum atomic E-state index is 0.430. The van der Waals surface area contributed by atoms with Crippen molar-refractivity contribution in [3.05, 3.63) is 87.4 Å². The zero-order valence-corrected chi connectivity index (χ0v) is 20.6. The van der Waals surface area contributed by atoms with E-state index < -0.39 is 0 Å². The molecule has 2 aromatic carbocycles. The Balaban J connectivity index is 0.00000176. The van der Waals surface area contributed by atoms with Gasteiger partial charge >= 0.3 is 0 Å². The Labute approximate surface area is 197 Å². The van der Waals surface area contributed by atoms with Crippen LogP contribution in [0, 0.1) is 12.3 Å². The lowest BCUT2D eigenvalue weighted by Crippen LogP contribution is -2.19. The number of nitrogens with one attached hydrogen (secondary N) is 2. The van der Waals surface area contributed by atoms with Gasteiger partial charge in [-0.3, -0.25) is 5.41 Å². The van der Waals surface area contributed by atoms with E-state index in [9.17, 15) is 0 Å². The van der Waals surface area contributed by atoms with Crippen LogP contribution in [0.2, 0.25) is 0 Å². The fourth-order valence-corrected chi connectivity index (χ4v) is 4.15. The van der Waals surface area contributed by atoms with Gasteiger partial charge in [0.1, 0.15) is 5.71 Å². The van der Waals surface area contributed by atoms with Crippen molar-refractivity contribution in [3.8, 4) is 0 Å². The molecule has 0 aliphatic heterocycles. The summed E-state index contributed by atoms with van der Waals surface area (Å²) >= 11 is 1.74. The summed E-state index contributed by atoms with van der Waals surface area (Å²) in [5, 5.41) is 16.3. The summed E-state index contributed by atoms with van der Waals surface area (Å²) in [5.74, 6) is 0. The monoisotopic (exact) mass is 448 g/mol. The summed E-state index contributed by atoms with van der Waals surface area (Å²) in [6.07, 6.45) is 6.98. The number of benzene rings is 2. The largest absolute Gasteiger partial charge is 0.312 e. The van der Waals surface area contributed by atoms with Crippen LogP contribution < -0.4 is 5.43 Å². The molecule has 1 aromatic heterocycles. The molecule has 0 bridgehead atoms. The Kier molecular flexibility index (Phi) is 11.4. The summed E-state index contributed by atoms with van der Waals surface area (Å²) in [4.78, 5) is 4.54. The molecule has 0 radical (unpaired) electrons. The van der Waals surface area contributed by atoms with Crippen LogP contribution >= 0.6 is 11.3 Å². The van der Waals surface area contributed by atoms with Gasteiger partial charge in [0.15, 0.2) is 0 Å². The van der Waals surface area contributed by atoms with Crippen molar-refractivity contribution in [3.63, 3.8) is 0 Å². The topological polar surface area (TPSA) is 61.1 Å². The van der Waals surface area contributed by atoms with Crippen molar-refractivity contribution in [2.45, 2.75) is 59.3 Å². The van der Waals surface area contributed by atoms with Gasteiger partial charge in [-0.2, -0.15) is 5.10 Å². The quantitative estimate of drug-likeness (QED) is 0.192. The Morgan fingerprint density at radius 2 is 1.62 bits per heavy atom. The number of hydrazone groups is 1. The molecule has 2 N–H and O–H groups in total. The van der Waals surface area contributed by atoms with Gasteiger partial charge in [0.2, 0.25) is 0 Å². The molecule has 170 valence electrons. The van der Waals surface area contributed by atoms with Gasteiger partial charge in [-0.05, 0) is 44.2 Å². The van der Waals surface area contributed by atoms with Crippen molar-refractivity contribution in [1.82, 2.24) is 10.4 Å². The number of thiazole rings is 1. The minimum Gasteiger partial charge on any atom is -0.312 e. The van der Waals surface area contributed by atoms with Crippen molar-refractivity contribution in [2.24, 2.45) is 5.10 Å². The van der Waals surface area contributed by atoms with Crippen molar-refractivity contribution < 1.29 is 0 Å². The summed E-state index contributed by atoms with van der Waals surface area (Å²) < 4.78 is 0. The number of hydrogen-bond donors (Lipinski definition) is 2. The number of aromatic nitrogens is 1. The Hall–Kier alpha value is -2.79. The average Bonchev–Trinajstić information content (AvgIpc) is 3.26. The van der Waals surface area contributed by atoms with Gasteiger partial charge in [0, 0.05) is 23.6 Å². The van der Waals surface area contributed by atoms with E-state index >= 15 is 0 Å². The van der Waals surface area contributed by atoms with Crippen LogP contribution in [-0.4, -0.2) is 23.5 Å². The van der Waals surface area contributed by atoms with Crippen LogP contribution in [0.4, 0.5) is 0 Å². The van der Waals surface area contributed by atoms with E-state index in [0.717, 1.165) is 29.0 Å². The molecular weight excluding hydrogens is 412 g/mol. The first kappa shape index (κ1) is 25.5. The lowest BCUT2D eigenvalue weighted by atomic mass is 9.97. The smallest absolute Gasteiger partial charge is 0.116 e. The maximum atomic E-state index is 8.61. The van der Waals surface area contributed by atoms with Crippen LogP contribution in [0.25, 0.3) is 0 Å². The van der Waals surface area contributed by atoms with Gasteiger partial charge in [-0.25, -0.2) is 4.98 Å². The maximum Gasteiger partial charge on any atom is 0.116 e. The van der Waals surface area contributed by atoms with Crippen LogP contribution in [0.5, 0.6) is 0 Å². The molecule has 0 saturated heterocycles. The highest BCUT2D eigenvalue weighted by Gasteiger charge is 2.13. The van der Waals surface area contributed by atoms with E-state index in [1.807, 2.05) is 50.2 Å². The summed E-state index contributed by atoms with van der Waals surface area (Å²) in [6, 6.07) is 18.2. The Bertz CT molecular complexity index is 976. The number of unbranched alkanes of at least 4 members (excludes halogenated alkanes) is 3. The third-order valence-electron chi connectivity index (χ3n) is 5.04. The summed E-state index contributed by atoms with van der Waals surface area (Å²) in [6.45, 7) is 6.07. The minimum absolute atomic E-state index is 0.430. The van der Waals surface area contributed by atoms with E-state index in [4.69, 9.17) is 5.41 Å². The van der Waals surface area contributed by atoms with Crippen LogP contribution in [0.1, 0.15) is 66.9 Å². The van der Waals surface area contributed by atoms with Gasteiger partial charge in [-0.15, -0.1) is 11.3 Å². The lowest BCUT2D eigenvalue weighted by molar-refractivity contribution is 0.636. The second kappa shape index (κ2) is 14.3. The first-order chi connectivity index (χ1) is 15.7. The molecule has 0 aliphatic carbocycles. The summed E-state index contributed by atoms with van der Waals surface area (Å²) in [7, 11) is 1.77. The molecule has 5 heteroatoms. The molecule has 3 rings (SSSR count). The first-order valence-electron chi connectivity index (χ1n) is 11.6. The third-order valence-corrected chi connectivity index (χ3v) is 5.86. The van der Waals surface area contributed by atoms with E-state index in [1.54, 1.807) is 18.4 Å². The predicted octanol–water partition coefficient (Wildman–Crippen LogP) is 6.81. The molecule has 0 spiro atoms. The van der Waals surface area contributed by atoms with Crippen molar-refractivity contribution >= 4 is 22.8 Å². The molecule has 0 atom stereocenters. The Morgan fingerprint density at radius 3 is 2.28 bits per heavy atom. The lowest BCUT2D eigenvalue weighted by Gasteiger charge is -2.10. The predicted molar refractivity (Wildman–Crippen MR) is 139 cm³/mol. The number of hydrogen-bond acceptors (Lipinski definition) is 5. The van der Waals surface area contributed by atoms with Gasteiger partial charge in [-0.1, -0.05) is 75.2 Å². The zero-order chi connectivity index (χ0) is 23.2. The third kappa shape index (κ3) is 8.04. The van der Waals surface area contributed by atoms with Crippen LogP contribution in [0.15, 0.2) is 65.1 Å². The average molecular weight is 449 g/mol. The number of nitrogens with zero attached hydrogens (tertiary/aromatic N) is 2. The molecule has 0 amide bonds. The molecule has 4 nitrogen and oxygen atoms in total. The van der Waals surface area contributed by atoms with Gasteiger partial charge in [0.25, 0.3) is 0 Å². The maximum absolute atomic E-state index is 8.61. The fourth-order valence-electron chi connectivity index (χ4n) is 3.50. The standard InChI is InChI=1S/C25H30N4S.C2H6/c1-19-28-23(18-30-19)16-9-4-3-6-11-20-12-10-15-22(17-20)25(29-27-2)24(26)21-13-7-5-8-14-21;1-2/h5,7-8,10,12-15,17-18,26-27H,3-4,6,9,11,16H2,1-2H3;1-2H3/b26-24?,29-25-;. The van der Waals surface area contributed by atoms with Crippen LogP contribution in [-0.2, 0) is 12.8 Å². The molecule has 0 unspecified atom stereocenters. The van der Waals surface area contributed by atoms with Crippen molar-refractivity contribution in [1.29, 1.82) is 5.41 Å². The van der Waals surface area contributed by atoms with Gasteiger partial charge < -0.3 is 5.43 Å². The highest BCUT2D eigenvalue weighted by molar-refractivity contribution is 7.09. The van der Waals surface area contributed by atoms with Crippen molar-refractivity contribution in [2.75, 3.05) is 7.05 Å². The first-order valence-corrected chi connectivity index (χ1v) is 12.4. The number of rotatable bonds is 11. The fraction of sp³-hybridized carbons (Fsp3) is 0.370. The zero-order valence-electron chi connectivity index (χ0n) is 19.8. The second-order valence-electron chi connectivity index (χ2n) is 7.40. The molecule has 0 fully saturated rings. The highest BCUT2D eigenvalue weighted by Crippen LogP contribution is 2.15. The van der Waals surface area contributed by atoms with E-state index in [-0.39, 0.29) is 0 Å². The van der Waals surface area contributed by atoms with Crippen LogP contribution in [0.3, 0.4) is 0 Å². The second-order valence-corrected chi connectivity index (χ2v) is 8.46.